The molecule has 1 saturated heterocycles. The average Bonchev–Trinajstić information content (AvgIpc) is 2.37. The van der Waals surface area contributed by atoms with E-state index in [-0.39, 0.29) is 17.5 Å². The summed E-state index contributed by atoms with van der Waals surface area (Å²) in [5.41, 5.74) is -0.382. The predicted molar refractivity (Wildman–Crippen MR) is 62.3 cm³/mol. The van der Waals surface area contributed by atoms with Crippen LogP contribution in [0.3, 0.4) is 0 Å². The van der Waals surface area contributed by atoms with Gasteiger partial charge in [0.15, 0.2) is 5.82 Å². The minimum atomic E-state index is -1.30. The number of hydrogen-bond acceptors (Lipinski definition) is 3. The lowest BCUT2D eigenvalue weighted by Crippen LogP contribution is -2.48. The molecule has 1 unspecified atom stereocenters. The number of halogens is 2. The lowest BCUT2D eigenvalue weighted by Gasteiger charge is -2.30. The first kappa shape index (κ1) is 13.4. The van der Waals surface area contributed by atoms with E-state index in [9.17, 15) is 18.4 Å². The predicted octanol–water partition coefficient (Wildman–Crippen LogP) is 0.710. The van der Waals surface area contributed by atoms with Gasteiger partial charge in [0.05, 0.1) is 5.56 Å². The zero-order chi connectivity index (χ0) is 14.0. The summed E-state index contributed by atoms with van der Waals surface area (Å²) in [5, 5.41) is 2.59. The first-order valence-electron chi connectivity index (χ1n) is 5.84. The summed E-state index contributed by atoms with van der Waals surface area (Å²) in [6, 6.07) is 0.858. The molecule has 1 aromatic rings. The summed E-state index contributed by atoms with van der Waals surface area (Å²) < 4.78 is 26.3. The Bertz CT molecular complexity index is 522. The monoisotopic (exact) mass is 269 g/mol. The van der Waals surface area contributed by atoms with E-state index < -0.39 is 17.7 Å². The molecule has 2 heterocycles. The summed E-state index contributed by atoms with van der Waals surface area (Å²) in [6.07, 6.45) is 1.85. The molecule has 19 heavy (non-hydrogen) atoms. The number of nitrogens with one attached hydrogen (secondary N) is 1. The zero-order valence-electron chi connectivity index (χ0n) is 10.3. The first-order valence-corrected chi connectivity index (χ1v) is 5.84. The number of amides is 2. The van der Waals surface area contributed by atoms with Gasteiger partial charge in [0.1, 0.15) is 0 Å². The Hall–Kier alpha value is -2.05. The van der Waals surface area contributed by atoms with Gasteiger partial charge in [-0.1, -0.05) is 0 Å². The fraction of sp³-hybridized carbons (Fsp3) is 0.417. The third-order valence-electron chi connectivity index (χ3n) is 3.05. The maximum absolute atomic E-state index is 13.4. The minimum Gasteiger partial charge on any atom is -0.347 e. The van der Waals surface area contributed by atoms with E-state index in [1.54, 1.807) is 7.05 Å². The maximum atomic E-state index is 13.4. The van der Waals surface area contributed by atoms with E-state index >= 15 is 0 Å². The summed E-state index contributed by atoms with van der Waals surface area (Å²) >= 11 is 0. The van der Waals surface area contributed by atoms with Crippen LogP contribution in [0.2, 0.25) is 0 Å². The molecule has 5 nitrogen and oxygen atoms in total. The minimum absolute atomic E-state index is 0.00614. The fourth-order valence-corrected chi connectivity index (χ4v) is 1.99. The van der Waals surface area contributed by atoms with Gasteiger partial charge in [-0.05, 0) is 12.5 Å². The number of likely N-dealkylation sites (tertiary alicyclic amines) is 1. The second kappa shape index (κ2) is 5.29. The van der Waals surface area contributed by atoms with Crippen LogP contribution >= 0.6 is 0 Å². The molecule has 0 saturated carbocycles. The molecular formula is C12H13F2N3O2. The molecule has 0 aliphatic carbocycles. The number of piperidine rings is 1. The van der Waals surface area contributed by atoms with Gasteiger partial charge in [0.2, 0.25) is 11.9 Å². The Morgan fingerprint density at radius 1 is 1.53 bits per heavy atom. The SMILES string of the molecule is CN1CC(NC(=O)c2ccnc(F)c2F)CCC1=O. The molecule has 0 aromatic carbocycles. The maximum Gasteiger partial charge on any atom is 0.254 e. The highest BCUT2D eigenvalue weighted by Crippen LogP contribution is 2.12. The van der Waals surface area contributed by atoms with Gasteiger partial charge >= 0.3 is 0 Å². The number of likely N-dealkylation sites (N-methyl/N-ethyl adjacent to an activating group) is 1. The molecule has 1 aliphatic rings. The van der Waals surface area contributed by atoms with Crippen LogP contribution in [-0.4, -0.2) is 41.3 Å². The van der Waals surface area contributed by atoms with Crippen LogP contribution in [0.15, 0.2) is 12.3 Å². The highest BCUT2D eigenvalue weighted by molar-refractivity contribution is 5.94. The molecule has 1 atom stereocenters. The Morgan fingerprint density at radius 3 is 2.95 bits per heavy atom. The van der Waals surface area contributed by atoms with Gasteiger partial charge in [-0.15, -0.1) is 0 Å². The summed E-state index contributed by atoms with van der Waals surface area (Å²) in [6.45, 7) is 0.361. The molecule has 2 rings (SSSR count). The molecule has 1 N–H and O–H groups in total. The summed E-state index contributed by atoms with van der Waals surface area (Å²) in [4.78, 5) is 27.7. The number of hydrogen-bond donors (Lipinski definition) is 1. The van der Waals surface area contributed by atoms with E-state index in [0.717, 1.165) is 12.3 Å². The van der Waals surface area contributed by atoms with Crippen molar-refractivity contribution in [1.29, 1.82) is 0 Å². The van der Waals surface area contributed by atoms with Gasteiger partial charge in [-0.3, -0.25) is 9.59 Å². The normalized spacial score (nSPS) is 19.4. The molecule has 1 fully saturated rings. The first-order chi connectivity index (χ1) is 8.99. The number of pyridine rings is 1. The second-order valence-electron chi connectivity index (χ2n) is 4.45. The molecule has 2 amide bonds. The third-order valence-corrected chi connectivity index (χ3v) is 3.05. The number of carbonyl (C=O) groups is 2. The van der Waals surface area contributed by atoms with Gasteiger partial charge in [0.25, 0.3) is 5.91 Å². The van der Waals surface area contributed by atoms with Crippen molar-refractivity contribution in [2.75, 3.05) is 13.6 Å². The van der Waals surface area contributed by atoms with Crippen LogP contribution in [0.4, 0.5) is 8.78 Å². The van der Waals surface area contributed by atoms with Gasteiger partial charge in [-0.25, -0.2) is 9.37 Å². The standard InChI is InChI=1S/C12H13F2N3O2/c1-17-6-7(2-3-9(17)18)16-12(19)8-4-5-15-11(14)10(8)13/h4-5,7H,2-3,6H2,1H3,(H,16,19). The summed E-state index contributed by atoms with van der Waals surface area (Å²) in [7, 11) is 1.63. The molecule has 0 radical (unpaired) electrons. The fourth-order valence-electron chi connectivity index (χ4n) is 1.99. The second-order valence-corrected chi connectivity index (χ2v) is 4.45. The Labute approximate surface area is 108 Å². The van der Waals surface area contributed by atoms with Crippen molar-refractivity contribution in [2.45, 2.75) is 18.9 Å². The number of aromatic nitrogens is 1. The third kappa shape index (κ3) is 2.86. The lowest BCUT2D eigenvalue weighted by atomic mass is 10.1. The summed E-state index contributed by atoms with van der Waals surface area (Å²) in [5.74, 6) is -3.26. The quantitative estimate of drug-likeness (QED) is 0.804. The Balaban J connectivity index is 2.05. The van der Waals surface area contributed by atoms with Crippen molar-refractivity contribution < 1.29 is 18.4 Å². The van der Waals surface area contributed by atoms with Crippen molar-refractivity contribution in [3.63, 3.8) is 0 Å². The smallest absolute Gasteiger partial charge is 0.254 e. The number of rotatable bonds is 2. The van der Waals surface area contributed by atoms with Crippen LogP contribution in [0.25, 0.3) is 0 Å². The lowest BCUT2D eigenvalue weighted by molar-refractivity contribution is -0.132. The van der Waals surface area contributed by atoms with Crippen molar-refractivity contribution >= 4 is 11.8 Å². The van der Waals surface area contributed by atoms with Crippen LogP contribution in [-0.2, 0) is 4.79 Å². The van der Waals surface area contributed by atoms with Gasteiger partial charge in [-0.2, -0.15) is 4.39 Å². The molecule has 0 bridgehead atoms. The average molecular weight is 269 g/mol. The van der Waals surface area contributed by atoms with E-state index in [4.69, 9.17) is 0 Å². The van der Waals surface area contributed by atoms with E-state index in [2.05, 4.69) is 10.3 Å². The number of carbonyl (C=O) groups excluding carboxylic acids is 2. The van der Waals surface area contributed by atoms with Crippen molar-refractivity contribution in [2.24, 2.45) is 0 Å². The van der Waals surface area contributed by atoms with Crippen LogP contribution in [0, 0.1) is 11.8 Å². The molecular weight excluding hydrogens is 256 g/mol. The number of nitrogens with zero attached hydrogens (tertiary/aromatic N) is 2. The van der Waals surface area contributed by atoms with Crippen LogP contribution < -0.4 is 5.32 Å². The van der Waals surface area contributed by atoms with Crippen LogP contribution in [0.1, 0.15) is 23.2 Å². The van der Waals surface area contributed by atoms with Crippen molar-refractivity contribution in [1.82, 2.24) is 15.2 Å². The van der Waals surface area contributed by atoms with Crippen LogP contribution in [0.5, 0.6) is 0 Å². The van der Waals surface area contributed by atoms with Gasteiger partial charge < -0.3 is 10.2 Å². The van der Waals surface area contributed by atoms with Crippen molar-refractivity contribution in [3.8, 4) is 0 Å². The molecule has 1 aliphatic heterocycles. The highest BCUT2D eigenvalue weighted by Gasteiger charge is 2.25. The molecule has 0 spiro atoms. The highest BCUT2D eigenvalue weighted by atomic mass is 19.2. The largest absolute Gasteiger partial charge is 0.347 e. The van der Waals surface area contributed by atoms with E-state index in [1.165, 1.54) is 4.90 Å². The van der Waals surface area contributed by atoms with E-state index in [1.807, 2.05) is 0 Å². The van der Waals surface area contributed by atoms with E-state index in [0.29, 0.717) is 19.4 Å². The Kier molecular flexibility index (Phi) is 3.73. The molecule has 7 heteroatoms. The van der Waals surface area contributed by atoms with Gasteiger partial charge in [0, 0.05) is 32.3 Å². The zero-order valence-corrected chi connectivity index (χ0v) is 10.3. The van der Waals surface area contributed by atoms with Crippen molar-refractivity contribution in [3.05, 3.63) is 29.6 Å². The molecule has 1 aromatic heterocycles. The topological polar surface area (TPSA) is 62.3 Å². The molecule has 102 valence electrons. The Morgan fingerprint density at radius 2 is 2.26 bits per heavy atom.